The molecule has 0 saturated carbocycles. The Morgan fingerprint density at radius 2 is 0.857 bits per heavy atom. The zero-order valence-corrected chi connectivity index (χ0v) is 13.0. The molecule has 0 atom stereocenters. The van der Waals surface area contributed by atoms with Gasteiger partial charge in [-0.3, -0.25) is 0 Å². The van der Waals surface area contributed by atoms with E-state index in [4.69, 9.17) is 68.1 Å². The van der Waals surface area contributed by atoms with E-state index in [0.29, 0.717) is 0 Å². The van der Waals surface area contributed by atoms with Crippen LogP contribution in [0.2, 0.25) is 25.1 Å². The predicted molar refractivity (Wildman–Crippen MR) is 87.5 cm³/mol. The molecule has 1 rings (SSSR count). The van der Waals surface area contributed by atoms with Crippen molar-refractivity contribution in [3.63, 3.8) is 0 Å². The van der Waals surface area contributed by atoms with Crippen LogP contribution in [0.1, 0.15) is 0 Å². The zero-order valence-electron chi connectivity index (χ0n) is 9.27. The molecule has 0 amide bonds. The van der Waals surface area contributed by atoms with Crippen molar-refractivity contribution in [2.75, 3.05) is 0 Å². The molecule has 0 aromatic heterocycles. The first-order valence-corrected chi connectivity index (χ1v) is 5.29. The summed E-state index contributed by atoms with van der Waals surface area (Å²) in [5, 5.41) is 16.7. The van der Waals surface area contributed by atoms with E-state index in [1.165, 1.54) is 0 Å². The number of hydrogen-bond donors (Lipinski definition) is 2. The van der Waals surface area contributed by atoms with Crippen molar-refractivity contribution in [2.24, 2.45) is 0 Å². The van der Waals surface area contributed by atoms with Crippen molar-refractivity contribution in [3.8, 4) is 5.75 Å². The molecule has 12 N–H and O–H groups in total. The summed E-state index contributed by atoms with van der Waals surface area (Å²) in [6.07, 6.45) is 0. The molecule has 0 aliphatic rings. The number of benzene rings is 1. The van der Waals surface area contributed by atoms with Crippen LogP contribution >= 0.6 is 58.0 Å². The van der Waals surface area contributed by atoms with Crippen molar-refractivity contribution < 1.29 is 42.1 Å². The Labute approximate surface area is 187 Å². The van der Waals surface area contributed by atoms with Gasteiger partial charge in [0.15, 0.2) is 0 Å². The van der Waals surface area contributed by atoms with Crippen LogP contribution < -0.4 is 4.65 Å². The van der Waals surface area contributed by atoms with E-state index < -0.39 is 7.32 Å². The first kappa shape index (κ1) is 38.4. The summed E-state index contributed by atoms with van der Waals surface area (Å²) in [5.74, 6) is -0.243. The molecule has 0 fully saturated rings. The Morgan fingerprint density at radius 1 is 0.619 bits per heavy atom. The van der Waals surface area contributed by atoms with Crippen LogP contribution in [0.4, 0.5) is 0 Å². The molecule has 1 aromatic carbocycles. The first-order valence-electron chi connectivity index (χ1n) is 3.40. The van der Waals surface area contributed by atoms with E-state index in [1.54, 1.807) is 0 Å². The van der Waals surface area contributed by atoms with E-state index >= 15 is 0 Å². The van der Waals surface area contributed by atoms with Gasteiger partial charge in [0.1, 0.15) is 15.8 Å². The molecular formula is C6H13BCl5KO8. The predicted octanol–water partition coefficient (Wildman–Crippen LogP) is -1.47. The number of rotatable bonds is 2. The Kier molecular flexibility index (Phi) is 30.6. The summed E-state index contributed by atoms with van der Waals surface area (Å²) >= 11 is 28.5. The number of halogens is 5. The van der Waals surface area contributed by atoms with Gasteiger partial charge in [0.05, 0.1) is 15.1 Å². The van der Waals surface area contributed by atoms with Gasteiger partial charge in [-0.15, -0.1) is 0 Å². The van der Waals surface area contributed by atoms with Gasteiger partial charge in [0, 0.05) is 0 Å². The molecule has 8 nitrogen and oxygen atoms in total. The first-order chi connectivity index (χ1) is 6.86. The van der Waals surface area contributed by atoms with Crippen LogP contribution in [0.5, 0.6) is 5.75 Å². The topological polar surface area (TPSA) is 207 Å². The summed E-state index contributed by atoms with van der Waals surface area (Å²) in [4.78, 5) is 0. The maximum absolute atomic E-state index is 8.60. The molecule has 0 aliphatic heterocycles. The average Bonchev–Trinajstić information content (AvgIpc) is 2.18. The molecule has 21 heavy (non-hydrogen) atoms. The third-order valence-electron chi connectivity index (χ3n) is 1.39. The van der Waals surface area contributed by atoms with Crippen molar-refractivity contribution >= 4 is 117 Å². The second kappa shape index (κ2) is 16.7. The van der Waals surface area contributed by atoms with Gasteiger partial charge in [0.25, 0.3) is 0 Å². The van der Waals surface area contributed by atoms with E-state index in [9.17, 15) is 0 Å². The van der Waals surface area contributed by atoms with Crippen molar-refractivity contribution in [1.29, 1.82) is 0 Å². The van der Waals surface area contributed by atoms with Gasteiger partial charge in [-0.2, -0.15) is 0 Å². The van der Waals surface area contributed by atoms with Crippen molar-refractivity contribution in [3.05, 3.63) is 25.1 Å². The Hall–Kier alpha value is 1.89. The molecule has 0 saturated heterocycles. The summed E-state index contributed by atoms with van der Waals surface area (Å²) < 4.78 is 4.51. The molecule has 0 spiro atoms. The molecule has 0 radical (unpaired) electrons. The Bertz CT molecular complexity index is 382. The quantitative estimate of drug-likeness (QED) is 0.321. The summed E-state index contributed by atoms with van der Waals surface area (Å²) in [6, 6.07) is 0. The molecular weight excluding hydrogens is 427 g/mol. The molecule has 0 unspecified atom stereocenters. The minimum absolute atomic E-state index is 0. The fourth-order valence-corrected chi connectivity index (χ4v) is 2.00. The van der Waals surface area contributed by atoms with Crippen LogP contribution in [0.25, 0.3) is 0 Å². The van der Waals surface area contributed by atoms with Gasteiger partial charge < -0.3 is 42.1 Å². The third-order valence-corrected chi connectivity index (χ3v) is 3.63. The normalized spacial score (nSPS) is 7.38. The second-order valence-corrected chi connectivity index (χ2v) is 4.23. The Morgan fingerprint density at radius 3 is 1.10 bits per heavy atom. The van der Waals surface area contributed by atoms with E-state index in [1.807, 2.05) is 0 Å². The molecule has 1 aromatic rings. The molecule has 0 bridgehead atoms. The van der Waals surface area contributed by atoms with Crippen LogP contribution in [0, 0.1) is 0 Å². The molecule has 124 valence electrons. The second-order valence-electron chi connectivity index (χ2n) is 2.34. The van der Waals surface area contributed by atoms with Gasteiger partial charge in [-0.05, 0) is 0 Å². The summed E-state index contributed by atoms with van der Waals surface area (Å²) in [7, 11) is -2.09. The fraction of sp³-hybridized carbons (Fsp3) is 0. The van der Waals surface area contributed by atoms with Gasteiger partial charge in [-0.25, -0.2) is 0 Å². The third kappa shape index (κ3) is 9.69. The monoisotopic (exact) mass is 438 g/mol. The van der Waals surface area contributed by atoms with Crippen LogP contribution in [-0.4, -0.2) is 96.1 Å². The van der Waals surface area contributed by atoms with Gasteiger partial charge in [0.2, 0.25) is 0 Å². The minimum atomic E-state index is -2.09. The maximum atomic E-state index is 8.60. The van der Waals surface area contributed by atoms with E-state index in [2.05, 4.69) is 4.65 Å². The van der Waals surface area contributed by atoms with Crippen LogP contribution in [-0.2, 0) is 0 Å². The van der Waals surface area contributed by atoms with Crippen molar-refractivity contribution in [2.45, 2.75) is 0 Å². The Balaban J connectivity index is -0.0000000937. The summed E-state index contributed by atoms with van der Waals surface area (Å²) in [6.45, 7) is 0. The van der Waals surface area contributed by atoms with Crippen LogP contribution in [0.3, 0.4) is 0 Å². The average molecular weight is 440 g/mol. The fourth-order valence-electron chi connectivity index (χ4n) is 0.794. The standard InChI is InChI=1S/C6H2BCl5O3.K.5H2O.H/c8-1-2(9)4(11)6(15-7(13)14)5(12)3(1)10;;;;;;;/h13-14H;;5*1H2;. The van der Waals surface area contributed by atoms with Crippen LogP contribution in [0.15, 0.2) is 0 Å². The van der Waals surface area contributed by atoms with Gasteiger partial charge >= 0.3 is 58.7 Å². The molecule has 15 heteroatoms. The van der Waals surface area contributed by atoms with Gasteiger partial charge in [-0.1, -0.05) is 58.0 Å². The SMILES string of the molecule is O.O.O.O.O.OB(O)Oc1c(Cl)c(Cl)c(Cl)c(Cl)c1Cl.[KH]. The number of hydrogen-bond acceptors (Lipinski definition) is 3. The van der Waals surface area contributed by atoms with E-state index in [-0.39, 0.29) is 110 Å². The zero-order chi connectivity index (χ0) is 11.7. The summed E-state index contributed by atoms with van der Waals surface area (Å²) in [5.41, 5.74) is 0. The molecule has 0 heterocycles. The molecule has 0 aliphatic carbocycles. The van der Waals surface area contributed by atoms with E-state index in [0.717, 1.165) is 0 Å². The van der Waals surface area contributed by atoms with Crippen molar-refractivity contribution in [1.82, 2.24) is 0 Å².